The fourth-order valence-electron chi connectivity index (χ4n) is 3.03. The maximum atomic E-state index is 12.4. The Morgan fingerprint density at radius 3 is 2.46 bits per heavy atom. The molecule has 2 atom stereocenters. The topological polar surface area (TPSA) is 78.4 Å². The van der Waals surface area contributed by atoms with Crippen LogP contribution < -0.4 is 10.6 Å². The normalized spacial score (nSPS) is 20.8. The molecule has 24 heavy (non-hydrogen) atoms. The molecule has 5 heteroatoms. The third-order valence-electron chi connectivity index (χ3n) is 5.03. The van der Waals surface area contributed by atoms with Crippen molar-refractivity contribution in [3.05, 3.63) is 35.9 Å². The molecule has 130 valence electrons. The molecular formula is C19H26N2O3. The van der Waals surface area contributed by atoms with E-state index in [4.69, 9.17) is 0 Å². The van der Waals surface area contributed by atoms with E-state index in [2.05, 4.69) is 22.8 Å². The van der Waals surface area contributed by atoms with Crippen molar-refractivity contribution in [2.24, 2.45) is 11.3 Å². The Labute approximate surface area is 142 Å². The van der Waals surface area contributed by atoms with Gasteiger partial charge in [-0.05, 0) is 50.0 Å². The van der Waals surface area contributed by atoms with Crippen molar-refractivity contribution >= 4 is 11.8 Å². The van der Waals surface area contributed by atoms with E-state index in [0.717, 1.165) is 32.1 Å². The highest BCUT2D eigenvalue weighted by Gasteiger charge is 2.43. The van der Waals surface area contributed by atoms with Crippen molar-refractivity contribution in [1.29, 1.82) is 0 Å². The zero-order valence-electron chi connectivity index (χ0n) is 14.1. The summed E-state index contributed by atoms with van der Waals surface area (Å²) in [6.45, 7) is 2.12. The molecule has 1 aromatic carbocycles. The van der Waals surface area contributed by atoms with Crippen LogP contribution in [0.25, 0.3) is 0 Å². The Morgan fingerprint density at radius 2 is 1.92 bits per heavy atom. The van der Waals surface area contributed by atoms with Crippen LogP contribution in [0, 0.1) is 11.3 Å². The number of rotatable bonds is 8. The molecule has 0 aliphatic heterocycles. The van der Waals surface area contributed by atoms with Crippen LogP contribution in [-0.4, -0.2) is 35.6 Å². The van der Waals surface area contributed by atoms with E-state index in [1.54, 1.807) is 0 Å². The maximum absolute atomic E-state index is 12.4. The molecule has 3 N–H and O–H groups in total. The van der Waals surface area contributed by atoms with Gasteiger partial charge in [0.1, 0.15) is 6.04 Å². The Balaban J connectivity index is 1.52. The number of amides is 2. The highest BCUT2D eigenvalue weighted by atomic mass is 16.3. The van der Waals surface area contributed by atoms with Gasteiger partial charge in [0.2, 0.25) is 11.8 Å². The lowest BCUT2D eigenvalue weighted by molar-refractivity contribution is -0.132. The van der Waals surface area contributed by atoms with Crippen molar-refractivity contribution in [2.75, 3.05) is 6.54 Å². The van der Waals surface area contributed by atoms with Gasteiger partial charge < -0.3 is 15.7 Å². The molecule has 0 spiro atoms. The lowest BCUT2D eigenvalue weighted by Crippen LogP contribution is -2.53. The van der Waals surface area contributed by atoms with Crippen molar-refractivity contribution in [1.82, 2.24) is 10.6 Å². The Morgan fingerprint density at radius 1 is 1.25 bits per heavy atom. The monoisotopic (exact) mass is 330 g/mol. The molecule has 5 nitrogen and oxygen atoms in total. The fraction of sp³-hybridized carbons (Fsp3) is 0.579. The third-order valence-corrected chi connectivity index (χ3v) is 5.03. The van der Waals surface area contributed by atoms with Crippen LogP contribution in [-0.2, 0) is 16.0 Å². The molecule has 0 bridgehead atoms. The second-order valence-corrected chi connectivity index (χ2v) is 7.38. The summed E-state index contributed by atoms with van der Waals surface area (Å²) in [5.74, 6) is -0.397. The number of aliphatic hydroxyl groups excluding tert-OH is 1. The van der Waals surface area contributed by atoms with Crippen LogP contribution in [0.3, 0.4) is 0 Å². The summed E-state index contributed by atoms with van der Waals surface area (Å²) >= 11 is 0. The van der Waals surface area contributed by atoms with E-state index in [9.17, 15) is 14.7 Å². The van der Waals surface area contributed by atoms with Gasteiger partial charge in [0.05, 0.1) is 6.10 Å². The summed E-state index contributed by atoms with van der Waals surface area (Å²) in [6.07, 6.45) is 3.98. The Hall–Kier alpha value is -1.88. The zero-order chi connectivity index (χ0) is 17.2. The molecule has 2 amide bonds. The number of carbonyl (C=O) groups is 2. The first-order valence-electron chi connectivity index (χ1n) is 8.79. The van der Waals surface area contributed by atoms with Crippen LogP contribution in [0.2, 0.25) is 0 Å². The van der Waals surface area contributed by atoms with Gasteiger partial charge in [-0.1, -0.05) is 30.3 Å². The Bertz CT molecular complexity index is 592. The van der Waals surface area contributed by atoms with Crippen LogP contribution in [0.15, 0.2) is 30.3 Å². The summed E-state index contributed by atoms with van der Waals surface area (Å²) in [6, 6.07) is 9.40. The molecule has 1 aromatic rings. The number of hydrogen-bond donors (Lipinski definition) is 3. The lowest BCUT2D eigenvalue weighted by Gasteiger charge is -2.23. The molecule has 2 fully saturated rings. The number of carbonyl (C=O) groups excluding carboxylic acids is 2. The van der Waals surface area contributed by atoms with Crippen LogP contribution >= 0.6 is 0 Å². The largest absolute Gasteiger partial charge is 0.391 e. The van der Waals surface area contributed by atoms with Gasteiger partial charge in [-0.2, -0.15) is 0 Å². The minimum atomic E-state index is -0.906. The van der Waals surface area contributed by atoms with Gasteiger partial charge in [-0.15, -0.1) is 0 Å². The number of hydrogen-bond acceptors (Lipinski definition) is 3. The predicted molar refractivity (Wildman–Crippen MR) is 91.2 cm³/mol. The van der Waals surface area contributed by atoms with Crippen LogP contribution in [0.1, 0.15) is 38.2 Å². The van der Waals surface area contributed by atoms with Gasteiger partial charge in [0.15, 0.2) is 0 Å². The van der Waals surface area contributed by atoms with Crippen LogP contribution in [0.4, 0.5) is 0 Å². The number of benzene rings is 1. The van der Waals surface area contributed by atoms with Gasteiger partial charge in [0, 0.05) is 12.5 Å². The molecule has 0 saturated heterocycles. The molecule has 2 unspecified atom stereocenters. The van der Waals surface area contributed by atoms with E-state index in [-0.39, 0.29) is 23.1 Å². The SMILES string of the molecule is CC(O)C(NC(=O)C1CC1)C(=O)NCC1(Cc2ccccc2)CC1. The lowest BCUT2D eigenvalue weighted by atomic mass is 9.96. The fourth-order valence-corrected chi connectivity index (χ4v) is 3.03. The van der Waals surface area contributed by atoms with Crippen molar-refractivity contribution < 1.29 is 14.7 Å². The second-order valence-electron chi connectivity index (χ2n) is 7.38. The molecule has 2 aliphatic rings. The van der Waals surface area contributed by atoms with Gasteiger partial charge in [-0.3, -0.25) is 9.59 Å². The predicted octanol–water partition coefficient (Wildman–Crippen LogP) is 1.40. The summed E-state index contributed by atoms with van der Waals surface area (Å²) < 4.78 is 0. The van der Waals surface area contributed by atoms with Crippen molar-refractivity contribution in [3.63, 3.8) is 0 Å². The summed E-state index contributed by atoms with van der Waals surface area (Å²) in [5, 5.41) is 15.5. The van der Waals surface area contributed by atoms with E-state index in [1.165, 1.54) is 12.5 Å². The summed E-state index contributed by atoms with van der Waals surface area (Å²) in [4.78, 5) is 24.3. The van der Waals surface area contributed by atoms with Gasteiger partial charge in [0.25, 0.3) is 0 Å². The van der Waals surface area contributed by atoms with Crippen LogP contribution in [0.5, 0.6) is 0 Å². The van der Waals surface area contributed by atoms with E-state index < -0.39 is 12.1 Å². The molecule has 0 radical (unpaired) electrons. The molecule has 2 saturated carbocycles. The van der Waals surface area contributed by atoms with Gasteiger partial charge in [-0.25, -0.2) is 0 Å². The second kappa shape index (κ2) is 6.93. The first-order chi connectivity index (χ1) is 11.5. The first kappa shape index (κ1) is 17.0. The molecule has 3 rings (SSSR count). The molecule has 0 aromatic heterocycles. The third kappa shape index (κ3) is 4.35. The van der Waals surface area contributed by atoms with E-state index in [0.29, 0.717) is 6.54 Å². The minimum absolute atomic E-state index is 0.0203. The molecule has 0 heterocycles. The standard InChI is InChI=1S/C19H26N2O3/c1-13(22)16(21-17(23)15-7-8-15)18(24)20-12-19(9-10-19)11-14-5-3-2-4-6-14/h2-6,13,15-16,22H,7-12H2,1H3,(H,20,24)(H,21,23). The summed E-state index contributed by atoms with van der Waals surface area (Å²) in [7, 11) is 0. The number of nitrogens with one attached hydrogen (secondary N) is 2. The average molecular weight is 330 g/mol. The quantitative estimate of drug-likeness (QED) is 0.674. The highest BCUT2D eigenvalue weighted by Crippen LogP contribution is 2.47. The van der Waals surface area contributed by atoms with Crippen molar-refractivity contribution in [3.8, 4) is 0 Å². The minimum Gasteiger partial charge on any atom is -0.391 e. The number of aliphatic hydroxyl groups is 1. The molecule has 2 aliphatic carbocycles. The first-order valence-corrected chi connectivity index (χ1v) is 8.79. The Kier molecular flexibility index (Phi) is 4.90. The zero-order valence-corrected chi connectivity index (χ0v) is 14.1. The average Bonchev–Trinajstić information content (AvgIpc) is 3.45. The molecular weight excluding hydrogens is 304 g/mol. The van der Waals surface area contributed by atoms with Crippen molar-refractivity contribution in [2.45, 2.75) is 51.2 Å². The summed E-state index contributed by atoms with van der Waals surface area (Å²) in [5.41, 5.74) is 1.40. The van der Waals surface area contributed by atoms with Gasteiger partial charge >= 0.3 is 0 Å². The van der Waals surface area contributed by atoms with E-state index >= 15 is 0 Å². The maximum Gasteiger partial charge on any atom is 0.245 e. The smallest absolute Gasteiger partial charge is 0.245 e. The van der Waals surface area contributed by atoms with E-state index in [1.807, 2.05) is 18.2 Å². The highest BCUT2D eigenvalue weighted by molar-refractivity contribution is 5.89.